The van der Waals surface area contributed by atoms with Gasteiger partial charge in [0, 0.05) is 25.2 Å². The first-order chi connectivity index (χ1) is 7.70. The van der Waals surface area contributed by atoms with Crippen LogP contribution in [0.2, 0.25) is 0 Å². The Kier molecular flexibility index (Phi) is 4.22. The van der Waals surface area contributed by atoms with Crippen molar-refractivity contribution in [1.82, 2.24) is 15.1 Å². The predicted molar refractivity (Wildman–Crippen MR) is 68.7 cm³/mol. The molecule has 0 amide bonds. The maximum Gasteiger partial charge on any atom is 0.0238 e. The molecule has 0 aliphatic carbocycles. The minimum atomic E-state index is 0.773. The number of likely N-dealkylation sites (tertiary alicyclic amines) is 2. The van der Waals surface area contributed by atoms with Gasteiger partial charge in [0.05, 0.1) is 0 Å². The summed E-state index contributed by atoms with van der Waals surface area (Å²) >= 11 is 0. The number of piperidine rings is 1. The monoisotopic (exact) mass is 225 g/mol. The Morgan fingerprint density at radius 1 is 1.31 bits per heavy atom. The third kappa shape index (κ3) is 2.76. The van der Waals surface area contributed by atoms with Gasteiger partial charge in [-0.3, -0.25) is 4.90 Å². The lowest BCUT2D eigenvalue weighted by atomic mass is 9.96. The van der Waals surface area contributed by atoms with Crippen LogP contribution in [-0.4, -0.2) is 62.2 Å². The van der Waals surface area contributed by atoms with Crippen LogP contribution in [0.5, 0.6) is 0 Å². The van der Waals surface area contributed by atoms with Gasteiger partial charge in [-0.1, -0.05) is 0 Å². The summed E-state index contributed by atoms with van der Waals surface area (Å²) in [5, 5.41) is 3.33. The Balaban J connectivity index is 1.85. The molecule has 2 heterocycles. The number of rotatable bonds is 3. The molecule has 16 heavy (non-hydrogen) atoms. The Morgan fingerprint density at radius 2 is 2.12 bits per heavy atom. The normalized spacial score (nSPS) is 38.1. The molecule has 2 fully saturated rings. The molecule has 3 heteroatoms. The van der Waals surface area contributed by atoms with Crippen molar-refractivity contribution < 1.29 is 0 Å². The van der Waals surface area contributed by atoms with Gasteiger partial charge in [-0.05, 0) is 59.3 Å². The molecule has 2 aliphatic heterocycles. The summed E-state index contributed by atoms with van der Waals surface area (Å²) in [4.78, 5) is 5.25. The molecule has 3 nitrogen and oxygen atoms in total. The van der Waals surface area contributed by atoms with E-state index in [1.54, 1.807) is 0 Å². The van der Waals surface area contributed by atoms with E-state index in [2.05, 4.69) is 36.1 Å². The van der Waals surface area contributed by atoms with E-state index in [0.717, 1.165) is 18.0 Å². The molecule has 1 N–H and O–H groups in total. The van der Waals surface area contributed by atoms with Crippen LogP contribution >= 0.6 is 0 Å². The summed E-state index contributed by atoms with van der Waals surface area (Å²) in [5.74, 6) is 0.875. The van der Waals surface area contributed by atoms with Crippen molar-refractivity contribution in [3.05, 3.63) is 0 Å². The summed E-state index contributed by atoms with van der Waals surface area (Å²) in [7, 11) is 4.34. The Labute approximate surface area is 100 Å². The number of hydrogen-bond donors (Lipinski definition) is 1. The lowest BCUT2D eigenvalue weighted by Gasteiger charge is -2.36. The second-order valence-electron chi connectivity index (χ2n) is 5.74. The van der Waals surface area contributed by atoms with Gasteiger partial charge in [0.25, 0.3) is 0 Å². The first-order valence-electron chi connectivity index (χ1n) is 6.79. The van der Waals surface area contributed by atoms with Crippen molar-refractivity contribution in [2.75, 3.05) is 40.3 Å². The number of hydrogen-bond acceptors (Lipinski definition) is 3. The van der Waals surface area contributed by atoms with Crippen LogP contribution in [0.1, 0.15) is 26.2 Å². The van der Waals surface area contributed by atoms with Gasteiger partial charge in [0.1, 0.15) is 0 Å². The molecule has 0 saturated carbocycles. The molecule has 3 unspecified atom stereocenters. The van der Waals surface area contributed by atoms with Gasteiger partial charge in [0.15, 0.2) is 0 Å². The van der Waals surface area contributed by atoms with Gasteiger partial charge in [0.2, 0.25) is 0 Å². The van der Waals surface area contributed by atoms with E-state index in [4.69, 9.17) is 0 Å². The molecule has 0 aromatic heterocycles. The van der Waals surface area contributed by atoms with Gasteiger partial charge in [-0.15, -0.1) is 0 Å². The lowest BCUT2D eigenvalue weighted by Crippen LogP contribution is -2.45. The molecule has 0 spiro atoms. The van der Waals surface area contributed by atoms with E-state index in [-0.39, 0.29) is 0 Å². The Hall–Kier alpha value is -0.120. The van der Waals surface area contributed by atoms with Crippen molar-refractivity contribution >= 4 is 0 Å². The summed E-state index contributed by atoms with van der Waals surface area (Å²) in [6.07, 6.45) is 4.17. The van der Waals surface area contributed by atoms with Crippen LogP contribution < -0.4 is 5.32 Å². The minimum Gasteiger partial charge on any atom is -0.319 e. The first-order valence-corrected chi connectivity index (χ1v) is 6.79. The molecule has 3 atom stereocenters. The molecule has 0 aromatic rings. The number of nitrogens with zero attached hydrogens (tertiary/aromatic N) is 2. The average Bonchev–Trinajstić information content (AvgIpc) is 2.60. The van der Waals surface area contributed by atoms with Crippen LogP contribution in [0.25, 0.3) is 0 Å². The van der Waals surface area contributed by atoms with Crippen molar-refractivity contribution in [3.8, 4) is 0 Å². The molecular weight excluding hydrogens is 198 g/mol. The van der Waals surface area contributed by atoms with Crippen LogP contribution in [0, 0.1) is 5.92 Å². The topological polar surface area (TPSA) is 18.5 Å². The van der Waals surface area contributed by atoms with Gasteiger partial charge in [-0.2, -0.15) is 0 Å². The van der Waals surface area contributed by atoms with Crippen molar-refractivity contribution in [2.24, 2.45) is 5.92 Å². The molecule has 0 bridgehead atoms. The fraction of sp³-hybridized carbons (Fsp3) is 1.00. The molecule has 2 aliphatic rings. The SMILES string of the molecule is CNCC1CCCN(C2CC(C)N(C)C2)C1. The lowest BCUT2D eigenvalue weighted by molar-refractivity contribution is 0.126. The zero-order chi connectivity index (χ0) is 11.5. The Bertz CT molecular complexity index is 207. The summed E-state index contributed by atoms with van der Waals surface area (Å²) in [6, 6.07) is 1.59. The van der Waals surface area contributed by atoms with E-state index in [1.807, 2.05) is 0 Å². The third-order valence-corrected chi connectivity index (χ3v) is 4.42. The number of likely N-dealkylation sites (N-methyl/N-ethyl adjacent to an activating group) is 1. The molecular formula is C13H27N3. The van der Waals surface area contributed by atoms with Gasteiger partial charge in [-0.25, -0.2) is 0 Å². The Morgan fingerprint density at radius 3 is 2.75 bits per heavy atom. The van der Waals surface area contributed by atoms with Crippen LogP contribution in [0.15, 0.2) is 0 Å². The van der Waals surface area contributed by atoms with Gasteiger partial charge < -0.3 is 10.2 Å². The van der Waals surface area contributed by atoms with Crippen LogP contribution in [0.4, 0.5) is 0 Å². The van der Waals surface area contributed by atoms with E-state index in [9.17, 15) is 0 Å². The largest absolute Gasteiger partial charge is 0.319 e. The molecule has 2 rings (SSSR count). The smallest absolute Gasteiger partial charge is 0.0238 e. The summed E-state index contributed by atoms with van der Waals surface area (Å²) < 4.78 is 0. The van der Waals surface area contributed by atoms with Crippen LogP contribution in [-0.2, 0) is 0 Å². The molecule has 0 radical (unpaired) electrons. The predicted octanol–water partition coefficient (Wildman–Crippen LogP) is 1.01. The second-order valence-corrected chi connectivity index (χ2v) is 5.74. The summed E-state index contributed by atoms with van der Waals surface area (Å²) in [6.45, 7) is 7.45. The average molecular weight is 225 g/mol. The standard InChI is InChI=1S/C13H27N3/c1-11-7-13(10-15(11)3)16-6-4-5-12(9-16)8-14-2/h11-14H,4-10H2,1-3H3. The molecule has 94 valence electrons. The van der Waals surface area contributed by atoms with Crippen LogP contribution in [0.3, 0.4) is 0 Å². The zero-order valence-electron chi connectivity index (χ0n) is 11.1. The van der Waals surface area contributed by atoms with Gasteiger partial charge >= 0.3 is 0 Å². The molecule has 0 aromatic carbocycles. The maximum absolute atomic E-state index is 3.33. The fourth-order valence-electron chi connectivity index (χ4n) is 3.31. The summed E-state index contributed by atoms with van der Waals surface area (Å²) in [5.41, 5.74) is 0. The highest BCUT2D eigenvalue weighted by molar-refractivity contribution is 4.89. The van der Waals surface area contributed by atoms with Crippen molar-refractivity contribution in [1.29, 1.82) is 0 Å². The fourth-order valence-corrected chi connectivity index (χ4v) is 3.31. The maximum atomic E-state index is 3.33. The van der Waals surface area contributed by atoms with E-state index in [0.29, 0.717) is 0 Å². The minimum absolute atomic E-state index is 0.773. The number of nitrogens with one attached hydrogen (secondary N) is 1. The highest BCUT2D eigenvalue weighted by Crippen LogP contribution is 2.25. The van der Waals surface area contributed by atoms with E-state index < -0.39 is 0 Å². The third-order valence-electron chi connectivity index (χ3n) is 4.42. The van der Waals surface area contributed by atoms with E-state index >= 15 is 0 Å². The highest BCUT2D eigenvalue weighted by Gasteiger charge is 2.32. The first kappa shape index (κ1) is 12.3. The molecule has 2 saturated heterocycles. The quantitative estimate of drug-likeness (QED) is 0.773. The van der Waals surface area contributed by atoms with E-state index in [1.165, 1.54) is 45.4 Å². The van der Waals surface area contributed by atoms with Crippen molar-refractivity contribution in [2.45, 2.75) is 38.3 Å². The highest BCUT2D eigenvalue weighted by atomic mass is 15.3. The van der Waals surface area contributed by atoms with Crippen molar-refractivity contribution in [3.63, 3.8) is 0 Å². The second kappa shape index (κ2) is 5.48. The zero-order valence-corrected chi connectivity index (χ0v) is 11.1.